The van der Waals surface area contributed by atoms with Gasteiger partial charge in [0.1, 0.15) is 11.6 Å². The van der Waals surface area contributed by atoms with Crippen LogP contribution in [0.4, 0.5) is 0 Å². The summed E-state index contributed by atoms with van der Waals surface area (Å²) in [6, 6.07) is 1.63. The third-order valence-electron chi connectivity index (χ3n) is 1.95. The van der Waals surface area contributed by atoms with Crippen LogP contribution in [0.3, 0.4) is 0 Å². The zero-order chi connectivity index (χ0) is 11.7. The van der Waals surface area contributed by atoms with E-state index in [2.05, 4.69) is 20.1 Å². The first-order valence-electron chi connectivity index (χ1n) is 4.61. The maximum Gasteiger partial charge on any atom is 0.286 e. The van der Waals surface area contributed by atoms with Crippen molar-refractivity contribution in [2.24, 2.45) is 5.73 Å². The van der Waals surface area contributed by atoms with E-state index < -0.39 is 5.91 Å². The van der Waals surface area contributed by atoms with Crippen molar-refractivity contribution >= 4 is 5.91 Å². The van der Waals surface area contributed by atoms with E-state index in [-0.39, 0.29) is 5.82 Å². The molecule has 7 heteroatoms. The van der Waals surface area contributed by atoms with Gasteiger partial charge in [0, 0.05) is 12.3 Å². The molecule has 7 nitrogen and oxygen atoms in total. The van der Waals surface area contributed by atoms with Crippen LogP contribution in [0.5, 0.6) is 0 Å². The second-order valence-electron chi connectivity index (χ2n) is 3.22. The summed E-state index contributed by atoms with van der Waals surface area (Å²) in [5.41, 5.74) is 5.09. The Bertz CT molecular complexity index is 547. The number of hydrogen-bond donors (Lipinski definition) is 1. The SMILES string of the molecule is Cc1nc(C)n(-c2ccnc(C(N)=O)n2)n1. The van der Waals surface area contributed by atoms with Crippen LogP contribution >= 0.6 is 0 Å². The van der Waals surface area contributed by atoms with Gasteiger partial charge in [-0.2, -0.15) is 4.68 Å². The van der Waals surface area contributed by atoms with Crippen LogP contribution in [-0.4, -0.2) is 30.6 Å². The maximum absolute atomic E-state index is 10.9. The number of amides is 1. The average Bonchev–Trinajstić information content (AvgIpc) is 2.58. The van der Waals surface area contributed by atoms with E-state index >= 15 is 0 Å². The van der Waals surface area contributed by atoms with Crippen LogP contribution in [-0.2, 0) is 0 Å². The number of carbonyl (C=O) groups excluding carboxylic acids is 1. The molecule has 2 aromatic rings. The number of aryl methyl sites for hydroxylation is 2. The molecule has 2 N–H and O–H groups in total. The second kappa shape index (κ2) is 3.69. The smallest absolute Gasteiger partial charge is 0.286 e. The summed E-state index contributed by atoms with van der Waals surface area (Å²) < 4.78 is 1.53. The number of hydrogen-bond acceptors (Lipinski definition) is 5. The van der Waals surface area contributed by atoms with Gasteiger partial charge in [-0.15, -0.1) is 5.10 Å². The summed E-state index contributed by atoms with van der Waals surface area (Å²) in [7, 11) is 0. The molecule has 0 aliphatic heterocycles. The van der Waals surface area contributed by atoms with Crippen molar-refractivity contribution in [2.45, 2.75) is 13.8 Å². The molecular formula is C9H10N6O. The van der Waals surface area contributed by atoms with Gasteiger partial charge in [0.15, 0.2) is 5.82 Å². The van der Waals surface area contributed by atoms with Crippen LogP contribution < -0.4 is 5.73 Å². The van der Waals surface area contributed by atoms with Gasteiger partial charge in [-0.3, -0.25) is 4.79 Å². The van der Waals surface area contributed by atoms with E-state index in [0.717, 1.165) is 0 Å². The number of nitrogens with two attached hydrogens (primary N) is 1. The highest BCUT2D eigenvalue weighted by Gasteiger charge is 2.09. The monoisotopic (exact) mass is 218 g/mol. The topological polar surface area (TPSA) is 99.6 Å². The lowest BCUT2D eigenvalue weighted by Crippen LogP contribution is -2.16. The van der Waals surface area contributed by atoms with Crippen molar-refractivity contribution in [3.8, 4) is 5.82 Å². The van der Waals surface area contributed by atoms with Crippen LogP contribution in [0.15, 0.2) is 12.3 Å². The van der Waals surface area contributed by atoms with Crippen LogP contribution in [0.25, 0.3) is 5.82 Å². The lowest BCUT2D eigenvalue weighted by atomic mass is 10.5. The zero-order valence-electron chi connectivity index (χ0n) is 8.88. The highest BCUT2D eigenvalue weighted by Crippen LogP contribution is 2.05. The Morgan fingerprint density at radius 3 is 2.69 bits per heavy atom. The molecule has 0 unspecified atom stereocenters. The molecule has 2 rings (SSSR count). The molecule has 82 valence electrons. The molecule has 0 fully saturated rings. The number of carbonyl (C=O) groups is 1. The third kappa shape index (κ3) is 1.74. The second-order valence-corrected chi connectivity index (χ2v) is 3.22. The maximum atomic E-state index is 10.9. The van der Waals surface area contributed by atoms with Crippen LogP contribution in [0, 0.1) is 13.8 Å². The highest BCUT2D eigenvalue weighted by atomic mass is 16.1. The third-order valence-corrected chi connectivity index (χ3v) is 1.95. The van der Waals surface area contributed by atoms with Crippen molar-refractivity contribution in [1.82, 2.24) is 24.7 Å². The molecule has 0 radical (unpaired) electrons. The van der Waals surface area contributed by atoms with Gasteiger partial charge in [0.25, 0.3) is 5.91 Å². The molecule has 0 saturated carbocycles. The first-order valence-corrected chi connectivity index (χ1v) is 4.61. The Kier molecular flexibility index (Phi) is 2.35. The molecule has 2 heterocycles. The minimum Gasteiger partial charge on any atom is -0.363 e. The summed E-state index contributed by atoms with van der Waals surface area (Å²) in [6.45, 7) is 3.58. The van der Waals surface area contributed by atoms with Gasteiger partial charge in [0.05, 0.1) is 0 Å². The van der Waals surface area contributed by atoms with Crippen molar-refractivity contribution in [2.75, 3.05) is 0 Å². The number of primary amides is 1. The Morgan fingerprint density at radius 2 is 2.12 bits per heavy atom. The Morgan fingerprint density at radius 1 is 1.38 bits per heavy atom. The zero-order valence-corrected chi connectivity index (χ0v) is 8.88. The summed E-state index contributed by atoms with van der Waals surface area (Å²) in [5.74, 6) is 1.09. The van der Waals surface area contributed by atoms with Crippen molar-refractivity contribution in [3.63, 3.8) is 0 Å². The first kappa shape index (κ1) is 10.2. The molecule has 1 amide bonds. The fourth-order valence-electron chi connectivity index (χ4n) is 1.32. The minimum absolute atomic E-state index is 0.0370. The van der Waals surface area contributed by atoms with Gasteiger partial charge < -0.3 is 5.73 Å². The van der Waals surface area contributed by atoms with Gasteiger partial charge in [0.2, 0.25) is 5.82 Å². The standard InChI is InChI=1S/C9H10N6O/c1-5-12-6(2)15(14-5)7-3-4-11-9(13-7)8(10)16/h3-4H,1-2H3,(H2,10,16). The molecule has 0 aliphatic carbocycles. The number of nitrogens with zero attached hydrogens (tertiary/aromatic N) is 5. The lowest BCUT2D eigenvalue weighted by Gasteiger charge is -2.01. The largest absolute Gasteiger partial charge is 0.363 e. The van der Waals surface area contributed by atoms with Crippen LogP contribution in [0.1, 0.15) is 22.3 Å². The highest BCUT2D eigenvalue weighted by molar-refractivity contribution is 5.88. The fraction of sp³-hybridized carbons (Fsp3) is 0.222. The van der Waals surface area contributed by atoms with Gasteiger partial charge in [-0.1, -0.05) is 0 Å². The van der Waals surface area contributed by atoms with E-state index in [1.54, 1.807) is 19.9 Å². The lowest BCUT2D eigenvalue weighted by molar-refractivity contribution is 0.0990. The van der Waals surface area contributed by atoms with Crippen molar-refractivity contribution in [3.05, 3.63) is 29.7 Å². The molecule has 0 saturated heterocycles. The molecule has 2 aromatic heterocycles. The molecule has 0 spiro atoms. The normalized spacial score (nSPS) is 10.4. The van der Waals surface area contributed by atoms with Crippen molar-refractivity contribution in [1.29, 1.82) is 0 Å². The van der Waals surface area contributed by atoms with E-state index in [1.165, 1.54) is 10.9 Å². The Labute approximate surface area is 91.4 Å². The van der Waals surface area contributed by atoms with E-state index in [9.17, 15) is 4.79 Å². The van der Waals surface area contributed by atoms with Gasteiger partial charge >= 0.3 is 0 Å². The minimum atomic E-state index is -0.670. The summed E-state index contributed by atoms with van der Waals surface area (Å²) in [5, 5.41) is 4.14. The Balaban J connectivity index is 2.52. The summed E-state index contributed by atoms with van der Waals surface area (Å²) >= 11 is 0. The summed E-state index contributed by atoms with van der Waals surface area (Å²) in [4.78, 5) is 22.8. The predicted molar refractivity (Wildman–Crippen MR) is 54.9 cm³/mol. The predicted octanol–water partition coefficient (Wildman–Crippen LogP) is -0.227. The number of aromatic nitrogens is 5. The fourth-order valence-corrected chi connectivity index (χ4v) is 1.32. The molecule has 0 atom stereocenters. The van der Waals surface area contributed by atoms with Gasteiger partial charge in [-0.05, 0) is 13.8 Å². The molecule has 0 aliphatic rings. The van der Waals surface area contributed by atoms with E-state index in [0.29, 0.717) is 17.5 Å². The molecule has 0 aromatic carbocycles. The summed E-state index contributed by atoms with van der Waals surface area (Å²) in [6.07, 6.45) is 1.46. The molecule has 16 heavy (non-hydrogen) atoms. The van der Waals surface area contributed by atoms with Crippen LogP contribution in [0.2, 0.25) is 0 Å². The quantitative estimate of drug-likeness (QED) is 0.750. The number of rotatable bonds is 2. The molecular weight excluding hydrogens is 208 g/mol. The van der Waals surface area contributed by atoms with E-state index in [4.69, 9.17) is 5.73 Å². The Hall–Kier alpha value is -2.31. The average molecular weight is 218 g/mol. The van der Waals surface area contributed by atoms with E-state index in [1.807, 2.05) is 0 Å². The van der Waals surface area contributed by atoms with Crippen molar-refractivity contribution < 1.29 is 4.79 Å². The van der Waals surface area contributed by atoms with Gasteiger partial charge in [-0.25, -0.2) is 15.0 Å². The first-order chi connectivity index (χ1) is 7.58. The molecule has 0 bridgehead atoms.